The van der Waals surface area contributed by atoms with Gasteiger partial charge in [0, 0.05) is 6.04 Å². The Labute approximate surface area is 109 Å². The number of fused-ring (bicyclic) bond motifs is 1. The molecule has 1 spiro atoms. The summed E-state index contributed by atoms with van der Waals surface area (Å²) >= 11 is 0. The SMILES string of the molecule is CC(C)N1C(N)=NCC12CCc1ccccc1C2. The molecule has 1 aliphatic carbocycles. The minimum absolute atomic E-state index is 0.132. The smallest absolute Gasteiger partial charge is 0.192 e. The monoisotopic (exact) mass is 243 g/mol. The fraction of sp³-hybridized carbons (Fsp3) is 0.533. The number of nitrogens with two attached hydrogens (primary N) is 1. The molecule has 1 aliphatic heterocycles. The van der Waals surface area contributed by atoms with Crippen LogP contribution in [-0.2, 0) is 12.8 Å². The van der Waals surface area contributed by atoms with E-state index in [1.165, 1.54) is 11.1 Å². The highest BCUT2D eigenvalue weighted by atomic mass is 15.4. The average Bonchev–Trinajstić information content (AvgIpc) is 2.66. The molecule has 1 aromatic carbocycles. The molecule has 18 heavy (non-hydrogen) atoms. The van der Waals surface area contributed by atoms with E-state index in [-0.39, 0.29) is 5.54 Å². The van der Waals surface area contributed by atoms with E-state index in [2.05, 4.69) is 48.0 Å². The van der Waals surface area contributed by atoms with Crippen molar-refractivity contribution in [3.05, 3.63) is 35.4 Å². The molecule has 1 unspecified atom stereocenters. The zero-order chi connectivity index (χ0) is 12.8. The molecule has 3 heteroatoms. The number of nitrogens with zero attached hydrogens (tertiary/aromatic N) is 2. The molecule has 0 aromatic heterocycles. The lowest BCUT2D eigenvalue weighted by Crippen LogP contribution is -2.57. The standard InChI is InChI=1S/C15H21N3/c1-11(2)18-14(16)17-10-15(18)8-7-12-5-3-4-6-13(12)9-15/h3-6,11H,7-10H2,1-2H3,(H2,16,17). The van der Waals surface area contributed by atoms with E-state index in [1.807, 2.05) is 0 Å². The summed E-state index contributed by atoms with van der Waals surface area (Å²) in [6, 6.07) is 9.19. The van der Waals surface area contributed by atoms with Gasteiger partial charge in [0.05, 0.1) is 12.1 Å². The Hall–Kier alpha value is -1.51. The second-order valence-corrected chi connectivity index (χ2v) is 5.81. The molecule has 96 valence electrons. The number of guanidine groups is 1. The minimum Gasteiger partial charge on any atom is -0.370 e. The van der Waals surface area contributed by atoms with Crippen molar-refractivity contribution in [1.29, 1.82) is 0 Å². The molecule has 1 atom stereocenters. The van der Waals surface area contributed by atoms with Crippen LogP contribution in [0.1, 0.15) is 31.4 Å². The van der Waals surface area contributed by atoms with Crippen LogP contribution in [0, 0.1) is 0 Å². The first-order valence-electron chi connectivity index (χ1n) is 6.78. The van der Waals surface area contributed by atoms with Gasteiger partial charge < -0.3 is 10.6 Å². The van der Waals surface area contributed by atoms with Gasteiger partial charge in [0.2, 0.25) is 0 Å². The summed E-state index contributed by atoms with van der Waals surface area (Å²) in [6.45, 7) is 5.26. The summed E-state index contributed by atoms with van der Waals surface area (Å²) in [5.74, 6) is 0.726. The van der Waals surface area contributed by atoms with E-state index < -0.39 is 0 Å². The van der Waals surface area contributed by atoms with E-state index in [4.69, 9.17) is 5.73 Å². The highest BCUT2D eigenvalue weighted by Gasteiger charge is 2.45. The fourth-order valence-electron chi connectivity index (χ4n) is 3.56. The van der Waals surface area contributed by atoms with E-state index in [0.29, 0.717) is 6.04 Å². The number of benzene rings is 1. The van der Waals surface area contributed by atoms with E-state index in [9.17, 15) is 0 Å². The maximum atomic E-state index is 6.08. The second kappa shape index (κ2) is 4.01. The van der Waals surface area contributed by atoms with Crippen LogP contribution in [0.2, 0.25) is 0 Å². The quantitative estimate of drug-likeness (QED) is 0.819. The van der Waals surface area contributed by atoms with Crippen molar-refractivity contribution in [3.8, 4) is 0 Å². The molecular formula is C15H21N3. The van der Waals surface area contributed by atoms with Gasteiger partial charge in [-0.15, -0.1) is 0 Å². The Morgan fingerprint density at radius 3 is 2.72 bits per heavy atom. The van der Waals surface area contributed by atoms with Gasteiger partial charge in [0.25, 0.3) is 0 Å². The lowest BCUT2D eigenvalue weighted by Gasteiger charge is -2.45. The summed E-state index contributed by atoms with van der Waals surface area (Å²) in [5, 5.41) is 0. The molecule has 3 nitrogen and oxygen atoms in total. The maximum absolute atomic E-state index is 6.08. The molecule has 1 aromatic rings. The summed E-state index contributed by atoms with van der Waals surface area (Å²) < 4.78 is 0. The van der Waals surface area contributed by atoms with Gasteiger partial charge in [-0.2, -0.15) is 0 Å². The first-order valence-corrected chi connectivity index (χ1v) is 6.78. The normalized spacial score (nSPS) is 26.6. The molecule has 3 rings (SSSR count). The molecular weight excluding hydrogens is 222 g/mol. The van der Waals surface area contributed by atoms with E-state index in [0.717, 1.165) is 31.8 Å². The Bertz CT molecular complexity index is 492. The predicted molar refractivity (Wildman–Crippen MR) is 74.7 cm³/mol. The number of aryl methyl sites for hydroxylation is 1. The third-order valence-corrected chi connectivity index (χ3v) is 4.31. The summed E-state index contributed by atoms with van der Waals surface area (Å²) in [6.07, 6.45) is 3.38. The van der Waals surface area contributed by atoms with Crippen molar-refractivity contribution < 1.29 is 0 Å². The van der Waals surface area contributed by atoms with Crippen LogP contribution in [0.3, 0.4) is 0 Å². The van der Waals surface area contributed by atoms with Gasteiger partial charge in [-0.1, -0.05) is 24.3 Å². The molecule has 2 N–H and O–H groups in total. The van der Waals surface area contributed by atoms with Crippen LogP contribution in [0.25, 0.3) is 0 Å². The number of hydrogen-bond acceptors (Lipinski definition) is 3. The van der Waals surface area contributed by atoms with E-state index >= 15 is 0 Å². The molecule has 0 amide bonds. The lowest BCUT2D eigenvalue weighted by molar-refractivity contribution is 0.145. The molecule has 0 saturated carbocycles. The number of rotatable bonds is 1. The Kier molecular flexibility index (Phi) is 2.58. The first-order chi connectivity index (χ1) is 8.62. The highest BCUT2D eigenvalue weighted by Crippen LogP contribution is 2.37. The van der Waals surface area contributed by atoms with Gasteiger partial charge in [-0.25, -0.2) is 0 Å². The van der Waals surface area contributed by atoms with Crippen molar-refractivity contribution >= 4 is 5.96 Å². The zero-order valence-corrected chi connectivity index (χ0v) is 11.2. The van der Waals surface area contributed by atoms with Gasteiger partial charge in [-0.3, -0.25) is 4.99 Å². The predicted octanol–water partition coefficient (Wildman–Crippen LogP) is 1.95. The Balaban J connectivity index is 1.95. The van der Waals surface area contributed by atoms with Crippen molar-refractivity contribution in [1.82, 2.24) is 4.90 Å². The second-order valence-electron chi connectivity index (χ2n) is 5.81. The summed E-state index contributed by atoms with van der Waals surface area (Å²) in [4.78, 5) is 6.85. The van der Waals surface area contributed by atoms with Crippen LogP contribution >= 0.6 is 0 Å². The molecule has 2 aliphatic rings. The number of aliphatic imine (C=N–C) groups is 1. The highest BCUT2D eigenvalue weighted by molar-refractivity contribution is 5.81. The van der Waals surface area contributed by atoms with Gasteiger partial charge in [-0.05, 0) is 44.2 Å². The van der Waals surface area contributed by atoms with Gasteiger partial charge in [0.1, 0.15) is 0 Å². The largest absolute Gasteiger partial charge is 0.370 e. The Morgan fingerprint density at radius 2 is 2.00 bits per heavy atom. The molecule has 0 radical (unpaired) electrons. The molecule has 0 saturated heterocycles. The summed E-state index contributed by atoms with van der Waals surface area (Å²) in [5.41, 5.74) is 9.18. The van der Waals surface area contributed by atoms with Gasteiger partial charge in [0.15, 0.2) is 5.96 Å². The van der Waals surface area contributed by atoms with Crippen LogP contribution < -0.4 is 5.73 Å². The van der Waals surface area contributed by atoms with Gasteiger partial charge >= 0.3 is 0 Å². The van der Waals surface area contributed by atoms with Crippen LogP contribution in [0.4, 0.5) is 0 Å². The molecule has 1 heterocycles. The van der Waals surface area contributed by atoms with Crippen LogP contribution in [0.15, 0.2) is 29.3 Å². The maximum Gasteiger partial charge on any atom is 0.192 e. The van der Waals surface area contributed by atoms with Crippen molar-refractivity contribution in [2.75, 3.05) is 6.54 Å². The molecule has 0 fully saturated rings. The Morgan fingerprint density at radius 1 is 1.28 bits per heavy atom. The van der Waals surface area contributed by atoms with Crippen molar-refractivity contribution in [2.45, 2.75) is 44.7 Å². The van der Waals surface area contributed by atoms with Crippen molar-refractivity contribution in [3.63, 3.8) is 0 Å². The fourth-order valence-corrected chi connectivity index (χ4v) is 3.56. The van der Waals surface area contributed by atoms with Crippen LogP contribution in [-0.4, -0.2) is 29.0 Å². The number of hydrogen-bond donors (Lipinski definition) is 1. The topological polar surface area (TPSA) is 41.6 Å². The minimum atomic E-state index is 0.132. The molecule has 0 bridgehead atoms. The first kappa shape index (κ1) is 11.6. The average molecular weight is 243 g/mol. The van der Waals surface area contributed by atoms with E-state index in [1.54, 1.807) is 0 Å². The third kappa shape index (κ3) is 1.61. The summed E-state index contributed by atoms with van der Waals surface area (Å²) in [7, 11) is 0. The third-order valence-electron chi connectivity index (χ3n) is 4.31. The van der Waals surface area contributed by atoms with Crippen molar-refractivity contribution in [2.24, 2.45) is 10.7 Å². The van der Waals surface area contributed by atoms with Crippen LogP contribution in [0.5, 0.6) is 0 Å². The zero-order valence-electron chi connectivity index (χ0n) is 11.2. The lowest BCUT2D eigenvalue weighted by atomic mass is 9.77.